The fourth-order valence-corrected chi connectivity index (χ4v) is 4.14. The molecule has 1 aliphatic rings. The molecule has 2 rings (SSSR count). The molecule has 1 aromatic carbocycles. The van der Waals surface area contributed by atoms with E-state index < -0.39 is 0 Å². The SMILES string of the molecule is O=C(c1cc(I)cc(I)c1O)N1CCCC(CO)C1. The molecule has 1 aliphatic heterocycles. The van der Waals surface area contributed by atoms with Crippen LogP contribution in [-0.2, 0) is 0 Å². The molecule has 2 N–H and O–H groups in total. The van der Waals surface area contributed by atoms with Gasteiger partial charge in [0, 0.05) is 23.3 Å². The number of aliphatic hydroxyl groups is 1. The van der Waals surface area contributed by atoms with Gasteiger partial charge in [0.05, 0.1) is 9.13 Å². The Morgan fingerprint density at radius 1 is 1.42 bits per heavy atom. The number of carbonyl (C=O) groups excluding carboxylic acids is 1. The summed E-state index contributed by atoms with van der Waals surface area (Å²) in [4.78, 5) is 14.2. The summed E-state index contributed by atoms with van der Waals surface area (Å²) >= 11 is 4.16. The van der Waals surface area contributed by atoms with Crippen LogP contribution in [-0.4, -0.2) is 40.7 Å². The van der Waals surface area contributed by atoms with E-state index in [-0.39, 0.29) is 24.2 Å². The second kappa shape index (κ2) is 6.57. The number of nitrogens with zero attached hydrogens (tertiary/aromatic N) is 1. The Balaban J connectivity index is 2.24. The van der Waals surface area contributed by atoms with Gasteiger partial charge in [-0.05, 0) is 76.1 Å². The minimum absolute atomic E-state index is 0.0529. The van der Waals surface area contributed by atoms with Gasteiger partial charge in [0.25, 0.3) is 5.91 Å². The summed E-state index contributed by atoms with van der Waals surface area (Å²) in [6.45, 7) is 1.37. The van der Waals surface area contributed by atoms with Crippen LogP contribution in [0.4, 0.5) is 0 Å². The molecule has 1 unspecified atom stereocenters. The Bertz CT molecular complexity index is 493. The van der Waals surface area contributed by atoms with E-state index in [0.717, 1.165) is 16.4 Å². The van der Waals surface area contributed by atoms with Crippen molar-refractivity contribution < 1.29 is 15.0 Å². The molecule has 1 heterocycles. The zero-order valence-electron chi connectivity index (χ0n) is 10.3. The van der Waals surface area contributed by atoms with E-state index in [9.17, 15) is 15.0 Å². The fraction of sp³-hybridized carbons (Fsp3) is 0.462. The molecule has 0 aliphatic carbocycles. The summed E-state index contributed by atoms with van der Waals surface area (Å²) in [5, 5.41) is 19.3. The molecule has 1 atom stereocenters. The van der Waals surface area contributed by atoms with Gasteiger partial charge in [-0.1, -0.05) is 0 Å². The highest BCUT2D eigenvalue weighted by atomic mass is 127. The van der Waals surface area contributed by atoms with E-state index in [2.05, 4.69) is 22.6 Å². The van der Waals surface area contributed by atoms with Gasteiger partial charge in [0.15, 0.2) is 0 Å². The van der Waals surface area contributed by atoms with E-state index in [1.165, 1.54) is 0 Å². The Morgan fingerprint density at radius 3 is 2.84 bits per heavy atom. The highest BCUT2D eigenvalue weighted by Crippen LogP contribution is 2.29. The predicted octanol–water partition coefficient (Wildman–Crippen LogP) is 2.45. The zero-order chi connectivity index (χ0) is 14.0. The first-order chi connectivity index (χ1) is 9.02. The number of carbonyl (C=O) groups is 1. The minimum Gasteiger partial charge on any atom is -0.506 e. The maximum atomic E-state index is 12.5. The summed E-state index contributed by atoms with van der Waals surface area (Å²) in [5.41, 5.74) is 0.356. The van der Waals surface area contributed by atoms with Crippen molar-refractivity contribution in [2.75, 3.05) is 19.7 Å². The van der Waals surface area contributed by atoms with Crippen LogP contribution in [0.5, 0.6) is 5.75 Å². The first-order valence-electron chi connectivity index (χ1n) is 6.11. The number of aliphatic hydroxyl groups excluding tert-OH is 1. The van der Waals surface area contributed by atoms with E-state index >= 15 is 0 Å². The van der Waals surface area contributed by atoms with Gasteiger partial charge in [-0.2, -0.15) is 0 Å². The average Bonchev–Trinajstić information content (AvgIpc) is 2.42. The van der Waals surface area contributed by atoms with Crippen LogP contribution >= 0.6 is 45.2 Å². The van der Waals surface area contributed by atoms with Crippen molar-refractivity contribution in [1.82, 2.24) is 4.90 Å². The van der Waals surface area contributed by atoms with E-state index in [1.807, 2.05) is 28.7 Å². The summed E-state index contributed by atoms with van der Waals surface area (Å²) in [6.07, 6.45) is 1.86. The number of likely N-dealkylation sites (tertiary alicyclic amines) is 1. The van der Waals surface area contributed by atoms with E-state index in [0.29, 0.717) is 22.2 Å². The first-order valence-corrected chi connectivity index (χ1v) is 8.26. The summed E-state index contributed by atoms with van der Waals surface area (Å²) in [7, 11) is 0. The number of hydrogen-bond acceptors (Lipinski definition) is 3. The second-order valence-corrected chi connectivity index (χ2v) is 7.13. The number of aromatic hydroxyl groups is 1. The molecule has 0 radical (unpaired) electrons. The van der Waals surface area contributed by atoms with Gasteiger partial charge in [-0.3, -0.25) is 4.79 Å². The highest BCUT2D eigenvalue weighted by Gasteiger charge is 2.26. The number of benzene rings is 1. The molecule has 0 bridgehead atoms. The van der Waals surface area contributed by atoms with Crippen molar-refractivity contribution in [3.05, 3.63) is 24.8 Å². The Hall–Kier alpha value is -0.0900. The topological polar surface area (TPSA) is 60.8 Å². The van der Waals surface area contributed by atoms with Gasteiger partial charge in [0.2, 0.25) is 0 Å². The molecule has 1 fully saturated rings. The van der Waals surface area contributed by atoms with Crippen molar-refractivity contribution in [2.45, 2.75) is 12.8 Å². The number of rotatable bonds is 2. The molecule has 0 spiro atoms. The summed E-state index contributed by atoms with van der Waals surface area (Å²) in [5.74, 6) is 0.0610. The fourth-order valence-electron chi connectivity index (χ4n) is 2.30. The van der Waals surface area contributed by atoms with Crippen LogP contribution in [0.15, 0.2) is 12.1 Å². The maximum Gasteiger partial charge on any atom is 0.257 e. The third kappa shape index (κ3) is 3.52. The van der Waals surface area contributed by atoms with Crippen molar-refractivity contribution in [3.63, 3.8) is 0 Å². The smallest absolute Gasteiger partial charge is 0.257 e. The van der Waals surface area contributed by atoms with Crippen LogP contribution in [0, 0.1) is 13.1 Å². The van der Waals surface area contributed by atoms with Gasteiger partial charge < -0.3 is 15.1 Å². The number of piperidine rings is 1. The standard InChI is InChI=1S/C13H15I2NO3/c14-9-4-10(12(18)11(15)5-9)13(19)16-3-1-2-8(6-16)7-17/h4-5,8,17-18H,1-3,6-7H2. The molecule has 0 aromatic heterocycles. The van der Waals surface area contributed by atoms with Crippen molar-refractivity contribution in [1.29, 1.82) is 0 Å². The Kier molecular flexibility index (Phi) is 5.29. The molecule has 1 amide bonds. The van der Waals surface area contributed by atoms with Crippen LogP contribution in [0.3, 0.4) is 0 Å². The third-order valence-corrected chi connectivity index (χ3v) is 4.77. The zero-order valence-corrected chi connectivity index (χ0v) is 14.6. The predicted molar refractivity (Wildman–Crippen MR) is 89.3 cm³/mol. The summed E-state index contributed by atoms with van der Waals surface area (Å²) in [6, 6.07) is 3.54. The molecule has 6 heteroatoms. The largest absolute Gasteiger partial charge is 0.506 e. The van der Waals surface area contributed by atoms with Crippen LogP contribution in [0.2, 0.25) is 0 Å². The lowest BCUT2D eigenvalue weighted by molar-refractivity contribution is 0.0617. The van der Waals surface area contributed by atoms with Crippen LogP contribution < -0.4 is 0 Å². The molecule has 104 valence electrons. The molecule has 19 heavy (non-hydrogen) atoms. The number of phenolic OH excluding ortho intramolecular Hbond substituents is 1. The normalized spacial score (nSPS) is 19.5. The molecule has 0 saturated carbocycles. The van der Waals surface area contributed by atoms with E-state index in [1.54, 1.807) is 11.0 Å². The Morgan fingerprint density at radius 2 is 2.16 bits per heavy atom. The number of phenols is 1. The minimum atomic E-state index is -0.146. The lowest BCUT2D eigenvalue weighted by Gasteiger charge is -2.32. The highest BCUT2D eigenvalue weighted by molar-refractivity contribution is 14.1. The van der Waals surface area contributed by atoms with Crippen molar-refractivity contribution in [2.24, 2.45) is 5.92 Å². The first kappa shape index (κ1) is 15.3. The van der Waals surface area contributed by atoms with Gasteiger partial charge in [-0.25, -0.2) is 0 Å². The number of amides is 1. The molecule has 1 saturated heterocycles. The lowest BCUT2D eigenvalue weighted by atomic mass is 9.98. The van der Waals surface area contributed by atoms with Crippen molar-refractivity contribution in [3.8, 4) is 5.75 Å². The maximum absolute atomic E-state index is 12.5. The summed E-state index contributed by atoms with van der Waals surface area (Å²) < 4.78 is 1.61. The lowest BCUT2D eigenvalue weighted by Crippen LogP contribution is -2.41. The molecular formula is C13H15I2NO3. The molecule has 4 nitrogen and oxygen atoms in total. The van der Waals surface area contributed by atoms with Gasteiger partial charge in [-0.15, -0.1) is 0 Å². The van der Waals surface area contributed by atoms with E-state index in [4.69, 9.17) is 0 Å². The quantitative estimate of drug-likeness (QED) is 0.631. The third-order valence-electron chi connectivity index (χ3n) is 3.32. The monoisotopic (exact) mass is 487 g/mol. The van der Waals surface area contributed by atoms with Gasteiger partial charge >= 0.3 is 0 Å². The Labute approximate surface area is 139 Å². The van der Waals surface area contributed by atoms with Crippen molar-refractivity contribution >= 4 is 51.1 Å². The average molecular weight is 487 g/mol. The number of halogens is 2. The second-order valence-electron chi connectivity index (χ2n) is 4.73. The molecule has 1 aromatic rings. The van der Waals surface area contributed by atoms with Gasteiger partial charge in [0.1, 0.15) is 5.75 Å². The van der Waals surface area contributed by atoms with Crippen LogP contribution in [0.25, 0.3) is 0 Å². The number of hydrogen-bond donors (Lipinski definition) is 2. The molecular weight excluding hydrogens is 472 g/mol. The van der Waals surface area contributed by atoms with Crippen LogP contribution in [0.1, 0.15) is 23.2 Å².